The molecule has 3 nitrogen and oxygen atoms in total. The second kappa shape index (κ2) is 4.08. The third-order valence-electron chi connectivity index (χ3n) is 2.54. The second-order valence-corrected chi connectivity index (χ2v) is 5.14. The fourth-order valence-corrected chi connectivity index (χ4v) is 1.51. The summed E-state index contributed by atoms with van der Waals surface area (Å²) in [5.41, 5.74) is 4.79. The van der Waals surface area contributed by atoms with Crippen LogP contribution in [0.2, 0.25) is 0 Å². The van der Waals surface area contributed by atoms with Gasteiger partial charge in [0.1, 0.15) is 11.6 Å². The first-order chi connectivity index (χ1) is 8.29. The van der Waals surface area contributed by atoms with Crippen LogP contribution in [-0.4, -0.2) is 4.98 Å². The minimum atomic E-state index is -0.723. The standard InChI is InChI=1S/C13H14F2N2O/c1-13(2,3)10-6-17-12(18-10)8-4-7(14)5-9(16)11(8)15/h4-6H,16H2,1-3H3. The summed E-state index contributed by atoms with van der Waals surface area (Å²) in [7, 11) is 0. The van der Waals surface area contributed by atoms with E-state index in [1.807, 2.05) is 20.8 Å². The number of rotatable bonds is 1. The van der Waals surface area contributed by atoms with E-state index in [0.29, 0.717) is 5.76 Å². The number of nitrogens with two attached hydrogens (primary N) is 1. The number of nitrogen functional groups attached to an aromatic ring is 1. The fourth-order valence-electron chi connectivity index (χ4n) is 1.51. The van der Waals surface area contributed by atoms with E-state index in [-0.39, 0.29) is 22.6 Å². The Kier molecular flexibility index (Phi) is 2.84. The summed E-state index contributed by atoms with van der Waals surface area (Å²) in [6.07, 6.45) is 1.51. The number of hydrogen-bond acceptors (Lipinski definition) is 3. The average Bonchev–Trinajstić information content (AvgIpc) is 2.71. The molecule has 0 aliphatic heterocycles. The molecule has 0 saturated carbocycles. The van der Waals surface area contributed by atoms with Crippen molar-refractivity contribution >= 4 is 5.69 Å². The van der Waals surface area contributed by atoms with Gasteiger partial charge in [-0.05, 0) is 12.1 Å². The molecular weight excluding hydrogens is 238 g/mol. The SMILES string of the molecule is CC(C)(C)c1cnc(-c2cc(F)cc(N)c2F)o1. The lowest BCUT2D eigenvalue weighted by atomic mass is 9.94. The molecular formula is C13H14F2N2O. The molecule has 0 radical (unpaired) electrons. The van der Waals surface area contributed by atoms with Gasteiger partial charge in [-0.15, -0.1) is 0 Å². The van der Waals surface area contributed by atoms with Crippen molar-refractivity contribution < 1.29 is 13.2 Å². The van der Waals surface area contributed by atoms with E-state index < -0.39 is 11.6 Å². The summed E-state index contributed by atoms with van der Waals surface area (Å²) in [5, 5.41) is 0. The van der Waals surface area contributed by atoms with Crippen LogP contribution in [0, 0.1) is 11.6 Å². The maximum atomic E-state index is 13.8. The van der Waals surface area contributed by atoms with Crippen LogP contribution in [-0.2, 0) is 5.41 Å². The van der Waals surface area contributed by atoms with Crippen molar-refractivity contribution in [3.63, 3.8) is 0 Å². The van der Waals surface area contributed by atoms with Crippen LogP contribution in [0.15, 0.2) is 22.7 Å². The van der Waals surface area contributed by atoms with E-state index in [4.69, 9.17) is 10.2 Å². The van der Waals surface area contributed by atoms with Crippen molar-refractivity contribution in [1.82, 2.24) is 4.98 Å². The van der Waals surface area contributed by atoms with Crippen molar-refractivity contribution in [3.8, 4) is 11.5 Å². The van der Waals surface area contributed by atoms with Crippen molar-refractivity contribution in [2.75, 3.05) is 5.73 Å². The topological polar surface area (TPSA) is 52.0 Å². The normalized spacial score (nSPS) is 11.8. The number of benzene rings is 1. The van der Waals surface area contributed by atoms with Crippen LogP contribution in [0.1, 0.15) is 26.5 Å². The van der Waals surface area contributed by atoms with Gasteiger partial charge in [-0.3, -0.25) is 0 Å². The lowest BCUT2D eigenvalue weighted by Crippen LogP contribution is -2.09. The zero-order chi connectivity index (χ0) is 13.5. The van der Waals surface area contributed by atoms with Crippen molar-refractivity contribution in [2.45, 2.75) is 26.2 Å². The van der Waals surface area contributed by atoms with E-state index in [1.165, 1.54) is 6.20 Å². The molecule has 0 amide bonds. The molecule has 0 fully saturated rings. The maximum Gasteiger partial charge on any atom is 0.229 e. The molecule has 0 bridgehead atoms. The number of halogens is 2. The number of hydrogen-bond donors (Lipinski definition) is 1. The van der Waals surface area contributed by atoms with E-state index in [2.05, 4.69) is 4.98 Å². The number of nitrogens with zero attached hydrogens (tertiary/aromatic N) is 1. The summed E-state index contributed by atoms with van der Waals surface area (Å²) in [4.78, 5) is 3.97. The Morgan fingerprint density at radius 1 is 1.22 bits per heavy atom. The van der Waals surface area contributed by atoms with E-state index in [9.17, 15) is 8.78 Å². The molecule has 2 rings (SSSR count). The van der Waals surface area contributed by atoms with Gasteiger partial charge < -0.3 is 10.2 Å². The van der Waals surface area contributed by atoms with Gasteiger partial charge in [-0.1, -0.05) is 20.8 Å². The van der Waals surface area contributed by atoms with Crippen molar-refractivity contribution in [3.05, 3.63) is 35.7 Å². The Morgan fingerprint density at radius 2 is 1.89 bits per heavy atom. The largest absolute Gasteiger partial charge is 0.441 e. The maximum absolute atomic E-state index is 13.8. The van der Waals surface area contributed by atoms with Crippen molar-refractivity contribution in [2.24, 2.45) is 0 Å². The van der Waals surface area contributed by atoms with Crippen LogP contribution >= 0.6 is 0 Å². The van der Waals surface area contributed by atoms with Gasteiger partial charge in [0.25, 0.3) is 0 Å². The fraction of sp³-hybridized carbons (Fsp3) is 0.308. The minimum absolute atomic E-state index is 0.0311. The Hall–Kier alpha value is -1.91. The molecule has 0 aliphatic carbocycles. The molecule has 1 heterocycles. The highest BCUT2D eigenvalue weighted by Crippen LogP contribution is 2.30. The molecule has 0 aliphatic rings. The van der Waals surface area contributed by atoms with Crippen LogP contribution in [0.25, 0.3) is 11.5 Å². The lowest BCUT2D eigenvalue weighted by Gasteiger charge is -2.13. The molecule has 0 saturated heterocycles. The molecule has 1 aromatic heterocycles. The number of anilines is 1. The predicted octanol–water partition coefficient (Wildman–Crippen LogP) is 3.50. The highest BCUT2D eigenvalue weighted by Gasteiger charge is 2.22. The number of aromatic nitrogens is 1. The van der Waals surface area contributed by atoms with E-state index in [1.54, 1.807) is 0 Å². The molecule has 18 heavy (non-hydrogen) atoms. The summed E-state index contributed by atoms with van der Waals surface area (Å²) < 4.78 is 32.5. The zero-order valence-corrected chi connectivity index (χ0v) is 10.4. The molecule has 0 atom stereocenters. The molecule has 1 aromatic carbocycles. The van der Waals surface area contributed by atoms with Gasteiger partial charge in [0.15, 0.2) is 5.82 Å². The summed E-state index contributed by atoms with van der Waals surface area (Å²) in [5.74, 6) is -0.721. The number of oxazole rings is 1. The molecule has 0 unspecified atom stereocenters. The van der Waals surface area contributed by atoms with Crippen LogP contribution < -0.4 is 5.73 Å². The molecule has 5 heteroatoms. The Morgan fingerprint density at radius 3 is 2.44 bits per heavy atom. The van der Waals surface area contributed by atoms with Crippen LogP contribution in [0.5, 0.6) is 0 Å². The molecule has 2 N–H and O–H groups in total. The average molecular weight is 252 g/mol. The Balaban J connectivity index is 2.53. The minimum Gasteiger partial charge on any atom is -0.441 e. The lowest BCUT2D eigenvalue weighted by molar-refractivity contribution is 0.414. The van der Waals surface area contributed by atoms with Gasteiger partial charge in [-0.2, -0.15) is 0 Å². The van der Waals surface area contributed by atoms with Gasteiger partial charge in [0.2, 0.25) is 5.89 Å². The Bertz CT molecular complexity index is 585. The summed E-state index contributed by atoms with van der Waals surface area (Å²) in [6.45, 7) is 5.81. The molecule has 0 spiro atoms. The first-order valence-electron chi connectivity index (χ1n) is 5.50. The van der Waals surface area contributed by atoms with Crippen LogP contribution in [0.4, 0.5) is 14.5 Å². The van der Waals surface area contributed by atoms with E-state index in [0.717, 1.165) is 12.1 Å². The predicted molar refractivity (Wildman–Crippen MR) is 65.0 cm³/mol. The van der Waals surface area contributed by atoms with E-state index >= 15 is 0 Å². The molecule has 2 aromatic rings. The highest BCUT2D eigenvalue weighted by molar-refractivity contribution is 5.61. The smallest absolute Gasteiger partial charge is 0.229 e. The van der Waals surface area contributed by atoms with Crippen molar-refractivity contribution in [1.29, 1.82) is 0 Å². The van der Waals surface area contributed by atoms with Gasteiger partial charge >= 0.3 is 0 Å². The monoisotopic (exact) mass is 252 g/mol. The third kappa shape index (κ3) is 2.20. The third-order valence-corrected chi connectivity index (χ3v) is 2.54. The molecule has 96 valence electrons. The zero-order valence-electron chi connectivity index (χ0n) is 10.4. The summed E-state index contributed by atoms with van der Waals surface area (Å²) in [6, 6.07) is 1.94. The Labute approximate surface area is 104 Å². The summed E-state index contributed by atoms with van der Waals surface area (Å²) >= 11 is 0. The first kappa shape index (κ1) is 12.5. The first-order valence-corrected chi connectivity index (χ1v) is 5.50. The van der Waals surface area contributed by atoms with Gasteiger partial charge in [0, 0.05) is 5.41 Å². The van der Waals surface area contributed by atoms with Gasteiger partial charge in [0.05, 0.1) is 17.4 Å². The second-order valence-electron chi connectivity index (χ2n) is 5.14. The van der Waals surface area contributed by atoms with Crippen LogP contribution in [0.3, 0.4) is 0 Å². The van der Waals surface area contributed by atoms with Gasteiger partial charge in [-0.25, -0.2) is 13.8 Å². The quantitative estimate of drug-likeness (QED) is 0.790. The highest BCUT2D eigenvalue weighted by atomic mass is 19.1.